The maximum Gasteiger partial charge on any atom is 0.389 e. The Hall–Kier alpha value is -1.23. The number of benzene rings is 1. The zero-order valence-corrected chi connectivity index (χ0v) is 12.3. The molecule has 1 heterocycles. The minimum atomic E-state index is -4.03. The highest BCUT2D eigenvalue weighted by Gasteiger charge is 2.25. The van der Waals surface area contributed by atoms with Gasteiger partial charge in [-0.15, -0.1) is 0 Å². The summed E-state index contributed by atoms with van der Waals surface area (Å²) in [5, 5.41) is 3.26. The van der Waals surface area contributed by atoms with Crippen LogP contribution < -0.4 is 10.2 Å². The molecule has 0 spiro atoms. The molecular weight excluding hydrogens is 277 g/mol. The van der Waals surface area contributed by atoms with Crippen LogP contribution in [0.1, 0.15) is 37.7 Å². The Morgan fingerprint density at radius 3 is 2.48 bits per heavy atom. The van der Waals surface area contributed by atoms with Crippen molar-refractivity contribution in [1.82, 2.24) is 5.32 Å². The zero-order chi connectivity index (χ0) is 15.1. The summed E-state index contributed by atoms with van der Waals surface area (Å²) in [6, 6.07) is 8.28. The molecule has 1 N–H and O–H groups in total. The van der Waals surface area contributed by atoms with E-state index in [1.807, 2.05) is 12.1 Å². The molecule has 2 nitrogen and oxygen atoms in total. The molecule has 1 aliphatic heterocycles. The molecule has 0 aromatic heterocycles. The molecule has 0 amide bonds. The summed E-state index contributed by atoms with van der Waals surface area (Å²) in [5.41, 5.74) is 2.49. The minimum Gasteiger partial charge on any atom is -0.371 e. The SMILES string of the molecule is FC(F)(F)CCCCNCc1ccccc1N1CCCC1. The molecule has 1 saturated heterocycles. The number of hydrogen-bond donors (Lipinski definition) is 1. The van der Waals surface area contributed by atoms with Crippen molar-refractivity contribution in [1.29, 1.82) is 0 Å². The quantitative estimate of drug-likeness (QED) is 0.762. The summed E-state index contributed by atoms with van der Waals surface area (Å²) in [6.45, 7) is 3.55. The summed E-state index contributed by atoms with van der Waals surface area (Å²) < 4.78 is 36.1. The summed E-state index contributed by atoms with van der Waals surface area (Å²) in [5.74, 6) is 0. The van der Waals surface area contributed by atoms with Crippen LogP contribution in [0.25, 0.3) is 0 Å². The van der Waals surface area contributed by atoms with Crippen molar-refractivity contribution < 1.29 is 13.2 Å². The van der Waals surface area contributed by atoms with Gasteiger partial charge in [-0.3, -0.25) is 0 Å². The number of unbranched alkanes of at least 4 members (excludes halogenated alkanes) is 1. The number of nitrogens with one attached hydrogen (secondary N) is 1. The summed E-state index contributed by atoms with van der Waals surface area (Å²) in [4.78, 5) is 2.39. The van der Waals surface area contributed by atoms with Crippen LogP contribution in [0.3, 0.4) is 0 Å². The predicted molar refractivity (Wildman–Crippen MR) is 79.5 cm³/mol. The lowest BCUT2D eigenvalue weighted by Crippen LogP contribution is -2.22. The topological polar surface area (TPSA) is 15.3 Å². The van der Waals surface area contributed by atoms with Crippen LogP contribution in [0, 0.1) is 0 Å². The second-order valence-electron chi connectivity index (χ2n) is 5.57. The molecule has 0 atom stereocenters. The fourth-order valence-corrected chi connectivity index (χ4v) is 2.73. The number of hydrogen-bond acceptors (Lipinski definition) is 2. The van der Waals surface area contributed by atoms with E-state index >= 15 is 0 Å². The molecule has 0 bridgehead atoms. The van der Waals surface area contributed by atoms with Crippen LogP contribution in [0.5, 0.6) is 0 Å². The Bertz CT molecular complexity index is 426. The lowest BCUT2D eigenvalue weighted by molar-refractivity contribution is -0.135. The Balaban J connectivity index is 1.73. The number of rotatable bonds is 7. The number of halogens is 3. The van der Waals surface area contributed by atoms with Crippen LogP contribution in [0.15, 0.2) is 24.3 Å². The standard InChI is InChI=1S/C16H23F3N2/c17-16(18,19)9-3-4-10-20-13-14-7-1-2-8-15(14)21-11-5-6-12-21/h1-2,7-8,20H,3-6,9-13H2. The Morgan fingerprint density at radius 2 is 1.76 bits per heavy atom. The van der Waals surface area contributed by atoms with Gasteiger partial charge in [0.15, 0.2) is 0 Å². The van der Waals surface area contributed by atoms with Gasteiger partial charge in [0.05, 0.1) is 0 Å². The molecule has 0 radical (unpaired) electrons. The van der Waals surface area contributed by atoms with E-state index in [1.165, 1.54) is 24.1 Å². The van der Waals surface area contributed by atoms with Crippen molar-refractivity contribution in [2.75, 3.05) is 24.5 Å². The lowest BCUT2D eigenvalue weighted by atomic mass is 10.1. The normalized spacial score (nSPS) is 15.7. The highest BCUT2D eigenvalue weighted by molar-refractivity contribution is 5.54. The molecule has 118 valence electrons. The fraction of sp³-hybridized carbons (Fsp3) is 0.625. The number of nitrogens with zero attached hydrogens (tertiary/aromatic N) is 1. The van der Waals surface area contributed by atoms with Crippen molar-refractivity contribution in [2.45, 2.75) is 44.8 Å². The second kappa shape index (κ2) is 7.69. The van der Waals surface area contributed by atoms with E-state index in [9.17, 15) is 13.2 Å². The maximum absolute atomic E-state index is 12.0. The van der Waals surface area contributed by atoms with Crippen molar-refractivity contribution in [2.24, 2.45) is 0 Å². The average molecular weight is 300 g/mol. The molecular formula is C16H23F3N2. The minimum absolute atomic E-state index is 0.199. The van der Waals surface area contributed by atoms with Gasteiger partial charge in [0, 0.05) is 31.7 Å². The Labute approximate surface area is 124 Å². The van der Waals surface area contributed by atoms with Crippen LogP contribution in [-0.2, 0) is 6.54 Å². The van der Waals surface area contributed by atoms with Gasteiger partial charge >= 0.3 is 6.18 Å². The van der Waals surface area contributed by atoms with Crippen LogP contribution >= 0.6 is 0 Å². The van der Waals surface area contributed by atoms with Crippen molar-refractivity contribution in [3.05, 3.63) is 29.8 Å². The van der Waals surface area contributed by atoms with Crippen LogP contribution in [0.2, 0.25) is 0 Å². The molecule has 5 heteroatoms. The molecule has 1 aromatic rings. The molecule has 21 heavy (non-hydrogen) atoms. The van der Waals surface area contributed by atoms with E-state index in [1.54, 1.807) is 0 Å². The van der Waals surface area contributed by atoms with E-state index in [2.05, 4.69) is 22.3 Å². The van der Waals surface area contributed by atoms with E-state index in [-0.39, 0.29) is 6.42 Å². The predicted octanol–water partition coefficient (Wildman–Crippen LogP) is 4.11. The third-order valence-corrected chi connectivity index (χ3v) is 3.82. The first-order valence-corrected chi connectivity index (χ1v) is 7.66. The number of anilines is 1. The molecule has 1 fully saturated rings. The van der Waals surface area contributed by atoms with E-state index in [0.717, 1.165) is 19.6 Å². The van der Waals surface area contributed by atoms with E-state index in [4.69, 9.17) is 0 Å². The highest BCUT2D eigenvalue weighted by atomic mass is 19.4. The van der Waals surface area contributed by atoms with Gasteiger partial charge in [-0.25, -0.2) is 0 Å². The van der Waals surface area contributed by atoms with Crippen molar-refractivity contribution >= 4 is 5.69 Å². The molecule has 0 saturated carbocycles. The first kappa shape index (κ1) is 16.1. The summed E-state index contributed by atoms with van der Waals surface area (Å²) >= 11 is 0. The maximum atomic E-state index is 12.0. The van der Waals surface area contributed by atoms with Crippen LogP contribution in [0.4, 0.5) is 18.9 Å². The highest BCUT2D eigenvalue weighted by Crippen LogP contribution is 2.24. The monoisotopic (exact) mass is 300 g/mol. The molecule has 0 unspecified atom stereocenters. The largest absolute Gasteiger partial charge is 0.389 e. The van der Waals surface area contributed by atoms with Gasteiger partial charge in [0.25, 0.3) is 0 Å². The van der Waals surface area contributed by atoms with Gasteiger partial charge in [-0.1, -0.05) is 18.2 Å². The third-order valence-electron chi connectivity index (χ3n) is 3.82. The number of para-hydroxylation sites is 1. The summed E-state index contributed by atoms with van der Waals surface area (Å²) in [7, 11) is 0. The Morgan fingerprint density at radius 1 is 1.05 bits per heavy atom. The third kappa shape index (κ3) is 5.58. The van der Waals surface area contributed by atoms with Crippen molar-refractivity contribution in [3.63, 3.8) is 0 Å². The van der Waals surface area contributed by atoms with E-state index < -0.39 is 12.6 Å². The van der Waals surface area contributed by atoms with Gasteiger partial charge < -0.3 is 10.2 Å². The van der Waals surface area contributed by atoms with Crippen LogP contribution in [-0.4, -0.2) is 25.8 Å². The fourth-order valence-electron chi connectivity index (χ4n) is 2.73. The number of alkyl halides is 3. The van der Waals surface area contributed by atoms with Gasteiger partial charge in [0.1, 0.15) is 0 Å². The van der Waals surface area contributed by atoms with Gasteiger partial charge in [-0.05, 0) is 43.9 Å². The average Bonchev–Trinajstić information content (AvgIpc) is 2.96. The second-order valence-corrected chi connectivity index (χ2v) is 5.57. The summed E-state index contributed by atoms with van der Waals surface area (Å²) in [6.07, 6.45) is -1.48. The smallest absolute Gasteiger partial charge is 0.371 e. The first-order chi connectivity index (χ1) is 10.1. The molecule has 1 aliphatic rings. The van der Waals surface area contributed by atoms with E-state index in [0.29, 0.717) is 13.0 Å². The van der Waals surface area contributed by atoms with Gasteiger partial charge in [0.2, 0.25) is 0 Å². The molecule has 1 aromatic carbocycles. The van der Waals surface area contributed by atoms with Gasteiger partial charge in [-0.2, -0.15) is 13.2 Å². The lowest BCUT2D eigenvalue weighted by Gasteiger charge is -2.21. The Kier molecular flexibility index (Phi) is 5.91. The first-order valence-electron chi connectivity index (χ1n) is 7.66. The zero-order valence-electron chi connectivity index (χ0n) is 12.3. The molecule has 0 aliphatic carbocycles. The molecule has 2 rings (SSSR count). The van der Waals surface area contributed by atoms with Crippen molar-refractivity contribution in [3.8, 4) is 0 Å².